The summed E-state index contributed by atoms with van der Waals surface area (Å²) in [5.74, 6) is 0. The molecule has 0 aliphatic heterocycles. The second kappa shape index (κ2) is 5.37. The maximum Gasteiger partial charge on any atom is 0.0485 e. The van der Waals surface area contributed by atoms with Crippen molar-refractivity contribution in [3.05, 3.63) is 35.5 Å². The first-order valence-electron chi connectivity index (χ1n) is 6.49. The van der Waals surface area contributed by atoms with Crippen LogP contribution >= 0.6 is 0 Å². The van der Waals surface area contributed by atoms with Gasteiger partial charge in [-0.05, 0) is 57.5 Å². The highest BCUT2D eigenvalue weighted by Gasteiger charge is 2.08. The summed E-state index contributed by atoms with van der Waals surface area (Å²) in [7, 11) is 2.01. The first-order chi connectivity index (χ1) is 8.27. The summed E-state index contributed by atoms with van der Waals surface area (Å²) in [6, 6.07) is 6.68. The Bertz CT molecular complexity index is 497. The summed E-state index contributed by atoms with van der Waals surface area (Å²) in [5, 5.41) is 4.68. The van der Waals surface area contributed by atoms with Crippen molar-refractivity contribution in [2.45, 2.75) is 33.2 Å². The van der Waals surface area contributed by atoms with E-state index in [4.69, 9.17) is 0 Å². The molecule has 0 amide bonds. The van der Waals surface area contributed by atoms with Gasteiger partial charge in [0.2, 0.25) is 0 Å². The van der Waals surface area contributed by atoms with Gasteiger partial charge in [0.05, 0.1) is 0 Å². The Morgan fingerprint density at radius 1 is 1.29 bits per heavy atom. The number of hydrogen-bond acceptors (Lipinski definition) is 1. The van der Waals surface area contributed by atoms with Crippen molar-refractivity contribution in [1.29, 1.82) is 0 Å². The molecule has 0 unspecified atom stereocenters. The van der Waals surface area contributed by atoms with Crippen molar-refractivity contribution in [1.82, 2.24) is 9.88 Å². The number of aromatic nitrogens is 1. The minimum atomic E-state index is 1.05. The number of hydrogen-bond donors (Lipinski definition) is 1. The quantitative estimate of drug-likeness (QED) is 0.781. The Labute approximate surface area is 104 Å². The van der Waals surface area contributed by atoms with Crippen molar-refractivity contribution in [3.63, 3.8) is 0 Å². The highest BCUT2D eigenvalue weighted by atomic mass is 14.9. The molecule has 0 aliphatic rings. The summed E-state index contributed by atoms with van der Waals surface area (Å²) in [6.07, 6.45) is 4.63. The summed E-state index contributed by atoms with van der Waals surface area (Å²) < 4.78 is 2.34. The fourth-order valence-corrected chi connectivity index (χ4v) is 2.57. The Kier molecular flexibility index (Phi) is 3.85. The van der Waals surface area contributed by atoms with Gasteiger partial charge in [0.1, 0.15) is 0 Å². The van der Waals surface area contributed by atoms with Gasteiger partial charge in [-0.3, -0.25) is 0 Å². The number of benzene rings is 1. The van der Waals surface area contributed by atoms with Crippen LogP contribution in [-0.2, 0) is 13.0 Å². The third kappa shape index (κ3) is 2.37. The molecule has 0 spiro atoms. The Balaban J connectivity index is 2.39. The molecule has 0 saturated heterocycles. The SMILES string of the molecule is CCn1cc(C)c2c(CCCNC)cccc21. The molecular formula is C15H22N2. The molecule has 1 aromatic heterocycles. The van der Waals surface area contributed by atoms with E-state index in [0.717, 1.165) is 19.5 Å². The summed E-state index contributed by atoms with van der Waals surface area (Å²) >= 11 is 0. The van der Waals surface area contributed by atoms with E-state index in [-0.39, 0.29) is 0 Å². The van der Waals surface area contributed by atoms with Crippen molar-refractivity contribution in [2.24, 2.45) is 0 Å². The Morgan fingerprint density at radius 3 is 2.82 bits per heavy atom. The predicted molar refractivity (Wildman–Crippen MR) is 74.6 cm³/mol. The topological polar surface area (TPSA) is 17.0 Å². The van der Waals surface area contributed by atoms with Crippen molar-refractivity contribution < 1.29 is 0 Å². The predicted octanol–water partition coefficient (Wildman–Crippen LogP) is 3.12. The van der Waals surface area contributed by atoms with Crippen molar-refractivity contribution >= 4 is 10.9 Å². The Hall–Kier alpha value is -1.28. The highest BCUT2D eigenvalue weighted by Crippen LogP contribution is 2.25. The van der Waals surface area contributed by atoms with Gasteiger partial charge in [0.15, 0.2) is 0 Å². The van der Waals surface area contributed by atoms with Gasteiger partial charge in [-0.1, -0.05) is 12.1 Å². The molecule has 0 radical (unpaired) electrons. The zero-order chi connectivity index (χ0) is 12.3. The molecule has 1 heterocycles. The highest BCUT2D eigenvalue weighted by molar-refractivity contribution is 5.87. The van der Waals surface area contributed by atoms with Crippen LogP contribution in [0.1, 0.15) is 24.5 Å². The third-order valence-electron chi connectivity index (χ3n) is 3.40. The first-order valence-corrected chi connectivity index (χ1v) is 6.49. The van der Waals surface area contributed by atoms with Gasteiger partial charge in [-0.25, -0.2) is 0 Å². The molecule has 1 N–H and O–H groups in total. The minimum absolute atomic E-state index is 1.05. The van der Waals surface area contributed by atoms with Crippen LogP contribution in [0.4, 0.5) is 0 Å². The maximum absolute atomic E-state index is 3.21. The smallest absolute Gasteiger partial charge is 0.0485 e. The molecule has 0 atom stereocenters. The van der Waals surface area contributed by atoms with Crippen molar-refractivity contribution in [2.75, 3.05) is 13.6 Å². The van der Waals surface area contributed by atoms with E-state index in [1.165, 1.54) is 28.5 Å². The number of aryl methyl sites for hydroxylation is 3. The van der Waals surface area contributed by atoms with E-state index in [2.05, 4.69) is 48.1 Å². The molecule has 0 bridgehead atoms. The van der Waals surface area contributed by atoms with Crippen LogP contribution in [0.2, 0.25) is 0 Å². The average molecular weight is 230 g/mol. The normalized spacial score (nSPS) is 11.2. The molecule has 2 aromatic rings. The van der Waals surface area contributed by atoms with Crippen molar-refractivity contribution in [3.8, 4) is 0 Å². The number of nitrogens with zero attached hydrogens (tertiary/aromatic N) is 1. The molecule has 0 aliphatic carbocycles. The first kappa shape index (κ1) is 12.2. The number of fused-ring (bicyclic) bond motifs is 1. The van der Waals surface area contributed by atoms with Gasteiger partial charge in [0.25, 0.3) is 0 Å². The van der Waals surface area contributed by atoms with Gasteiger partial charge >= 0.3 is 0 Å². The molecule has 2 heteroatoms. The van der Waals surface area contributed by atoms with Crippen LogP contribution in [0.25, 0.3) is 10.9 Å². The minimum Gasteiger partial charge on any atom is -0.347 e. The lowest BCUT2D eigenvalue weighted by molar-refractivity contribution is 0.726. The second-order valence-corrected chi connectivity index (χ2v) is 4.62. The fourth-order valence-electron chi connectivity index (χ4n) is 2.57. The standard InChI is InChI=1S/C15H22N2/c1-4-17-11-12(2)15-13(8-6-10-16-3)7-5-9-14(15)17/h5,7,9,11,16H,4,6,8,10H2,1-3H3. The van der Waals surface area contributed by atoms with E-state index in [0.29, 0.717) is 0 Å². The van der Waals surface area contributed by atoms with Crippen LogP contribution in [0.15, 0.2) is 24.4 Å². The monoisotopic (exact) mass is 230 g/mol. The van der Waals surface area contributed by atoms with Gasteiger partial charge in [-0.2, -0.15) is 0 Å². The lowest BCUT2D eigenvalue weighted by Gasteiger charge is -2.06. The summed E-state index contributed by atoms with van der Waals surface area (Å²) in [4.78, 5) is 0. The van der Waals surface area contributed by atoms with E-state index >= 15 is 0 Å². The van der Waals surface area contributed by atoms with Crippen LogP contribution in [0.5, 0.6) is 0 Å². The van der Waals surface area contributed by atoms with Crippen LogP contribution in [-0.4, -0.2) is 18.2 Å². The molecule has 17 heavy (non-hydrogen) atoms. The number of rotatable bonds is 5. The second-order valence-electron chi connectivity index (χ2n) is 4.62. The molecular weight excluding hydrogens is 208 g/mol. The maximum atomic E-state index is 3.21. The van der Waals surface area contributed by atoms with E-state index in [1.807, 2.05) is 7.05 Å². The molecule has 2 rings (SSSR count). The van der Waals surface area contributed by atoms with Crippen LogP contribution in [0, 0.1) is 6.92 Å². The zero-order valence-corrected chi connectivity index (χ0v) is 11.1. The summed E-state index contributed by atoms with van der Waals surface area (Å²) in [6.45, 7) is 6.55. The zero-order valence-electron chi connectivity index (χ0n) is 11.1. The lowest BCUT2D eigenvalue weighted by atomic mass is 10.0. The summed E-state index contributed by atoms with van der Waals surface area (Å²) in [5.41, 5.74) is 4.27. The van der Waals surface area contributed by atoms with E-state index in [1.54, 1.807) is 0 Å². The molecule has 0 fully saturated rings. The molecule has 0 saturated carbocycles. The average Bonchev–Trinajstić information content (AvgIpc) is 2.68. The van der Waals surface area contributed by atoms with Gasteiger partial charge in [-0.15, -0.1) is 0 Å². The fraction of sp³-hybridized carbons (Fsp3) is 0.467. The number of nitrogens with one attached hydrogen (secondary N) is 1. The third-order valence-corrected chi connectivity index (χ3v) is 3.40. The molecule has 2 nitrogen and oxygen atoms in total. The van der Waals surface area contributed by atoms with Crippen LogP contribution in [0.3, 0.4) is 0 Å². The van der Waals surface area contributed by atoms with Crippen LogP contribution < -0.4 is 5.32 Å². The molecule has 1 aromatic carbocycles. The van der Waals surface area contributed by atoms with E-state index in [9.17, 15) is 0 Å². The lowest BCUT2D eigenvalue weighted by Crippen LogP contribution is -2.08. The van der Waals surface area contributed by atoms with Gasteiger partial charge < -0.3 is 9.88 Å². The van der Waals surface area contributed by atoms with Gasteiger partial charge in [0, 0.05) is 23.6 Å². The molecule has 92 valence electrons. The Morgan fingerprint density at radius 2 is 2.12 bits per heavy atom. The van der Waals surface area contributed by atoms with E-state index < -0.39 is 0 Å². The largest absolute Gasteiger partial charge is 0.347 e.